The lowest BCUT2D eigenvalue weighted by molar-refractivity contribution is 0.622. The number of hydrogen-bond acceptors (Lipinski definition) is 3. The van der Waals surface area contributed by atoms with Crippen LogP contribution in [-0.4, -0.2) is 4.98 Å². The number of nitrogens with two attached hydrogens (primary N) is 1. The van der Waals surface area contributed by atoms with E-state index in [0.29, 0.717) is 11.3 Å². The number of pyridine rings is 1. The highest BCUT2D eigenvalue weighted by molar-refractivity contribution is 9.10. The van der Waals surface area contributed by atoms with Gasteiger partial charge in [0.25, 0.3) is 0 Å². The number of anilines is 1. The summed E-state index contributed by atoms with van der Waals surface area (Å²) >= 11 is 4.79. The van der Waals surface area contributed by atoms with E-state index in [4.69, 9.17) is 5.73 Å². The summed E-state index contributed by atoms with van der Waals surface area (Å²) in [7, 11) is 0. The first-order valence-electron chi connectivity index (χ1n) is 4.94. The summed E-state index contributed by atoms with van der Waals surface area (Å²) < 4.78 is 14.5. The van der Waals surface area contributed by atoms with Crippen LogP contribution in [0.2, 0.25) is 0 Å². The van der Waals surface area contributed by atoms with Gasteiger partial charge < -0.3 is 5.73 Å². The van der Waals surface area contributed by atoms with Crippen molar-refractivity contribution in [2.24, 2.45) is 0 Å². The van der Waals surface area contributed by atoms with Gasteiger partial charge in [-0.15, -0.1) is 11.8 Å². The molecule has 1 aromatic heterocycles. The summed E-state index contributed by atoms with van der Waals surface area (Å²) in [6.45, 7) is 0. The number of nitrogen functional groups attached to an aromatic ring is 1. The van der Waals surface area contributed by atoms with Crippen molar-refractivity contribution < 1.29 is 4.39 Å². The second kappa shape index (κ2) is 5.51. The van der Waals surface area contributed by atoms with Crippen LogP contribution in [0.1, 0.15) is 5.56 Å². The van der Waals surface area contributed by atoms with Gasteiger partial charge in [0.15, 0.2) is 0 Å². The molecule has 0 radical (unpaired) electrons. The second-order valence-electron chi connectivity index (χ2n) is 3.42. The van der Waals surface area contributed by atoms with Crippen molar-refractivity contribution in [3.63, 3.8) is 0 Å². The van der Waals surface area contributed by atoms with E-state index in [2.05, 4.69) is 20.9 Å². The molecule has 0 saturated heterocycles. The third kappa shape index (κ3) is 3.20. The highest BCUT2D eigenvalue weighted by Crippen LogP contribution is 2.25. The van der Waals surface area contributed by atoms with Crippen molar-refractivity contribution in [3.8, 4) is 0 Å². The van der Waals surface area contributed by atoms with Gasteiger partial charge in [0, 0.05) is 22.0 Å². The smallest absolute Gasteiger partial charge is 0.150 e. The zero-order valence-electron chi connectivity index (χ0n) is 8.86. The molecule has 0 aliphatic carbocycles. The van der Waals surface area contributed by atoms with Crippen molar-refractivity contribution in [1.82, 2.24) is 4.98 Å². The largest absolute Gasteiger partial charge is 0.396 e. The fraction of sp³-hybridized carbons (Fsp3) is 0.0833. The molecule has 2 nitrogen and oxygen atoms in total. The molecule has 0 aliphatic heterocycles. The van der Waals surface area contributed by atoms with Gasteiger partial charge >= 0.3 is 0 Å². The number of thioether (sulfide) groups is 1. The minimum Gasteiger partial charge on any atom is -0.396 e. The SMILES string of the molecule is Nc1cccc(CSc2ccc(Br)cn2)c1F. The van der Waals surface area contributed by atoms with E-state index in [1.807, 2.05) is 12.1 Å². The minimum atomic E-state index is -0.336. The number of benzene rings is 1. The van der Waals surface area contributed by atoms with Crippen LogP contribution in [0.4, 0.5) is 10.1 Å². The molecule has 0 atom stereocenters. The lowest BCUT2D eigenvalue weighted by Gasteiger charge is -2.04. The van der Waals surface area contributed by atoms with Crippen molar-refractivity contribution in [2.75, 3.05) is 5.73 Å². The van der Waals surface area contributed by atoms with Crippen LogP contribution >= 0.6 is 27.7 Å². The summed E-state index contributed by atoms with van der Waals surface area (Å²) in [5, 5.41) is 0.857. The maximum absolute atomic E-state index is 13.6. The molecule has 0 aliphatic rings. The summed E-state index contributed by atoms with van der Waals surface area (Å²) in [5.41, 5.74) is 6.29. The molecule has 0 saturated carbocycles. The molecular weight excluding hydrogens is 303 g/mol. The van der Waals surface area contributed by atoms with Gasteiger partial charge in [-0.25, -0.2) is 9.37 Å². The first-order chi connectivity index (χ1) is 8.16. The fourth-order valence-corrected chi connectivity index (χ4v) is 2.36. The van der Waals surface area contributed by atoms with Gasteiger partial charge in [0.05, 0.1) is 10.7 Å². The number of aromatic nitrogens is 1. The first-order valence-corrected chi connectivity index (χ1v) is 6.72. The third-order valence-electron chi connectivity index (χ3n) is 2.18. The van der Waals surface area contributed by atoms with Crippen LogP contribution in [-0.2, 0) is 5.75 Å². The van der Waals surface area contributed by atoms with Gasteiger partial charge in [0.2, 0.25) is 0 Å². The molecule has 17 heavy (non-hydrogen) atoms. The van der Waals surface area contributed by atoms with E-state index in [1.54, 1.807) is 24.4 Å². The molecule has 2 rings (SSSR count). The molecule has 0 unspecified atom stereocenters. The van der Waals surface area contributed by atoms with E-state index in [1.165, 1.54) is 11.8 Å². The molecule has 5 heteroatoms. The molecule has 0 fully saturated rings. The zero-order valence-corrected chi connectivity index (χ0v) is 11.3. The van der Waals surface area contributed by atoms with E-state index in [9.17, 15) is 4.39 Å². The van der Waals surface area contributed by atoms with Crippen LogP contribution in [0.5, 0.6) is 0 Å². The summed E-state index contributed by atoms with van der Waals surface area (Å²) in [4.78, 5) is 4.21. The van der Waals surface area contributed by atoms with Crippen molar-refractivity contribution >= 4 is 33.4 Å². The Kier molecular flexibility index (Phi) is 4.02. The van der Waals surface area contributed by atoms with Crippen molar-refractivity contribution in [2.45, 2.75) is 10.8 Å². The average Bonchev–Trinajstić information content (AvgIpc) is 2.33. The highest BCUT2D eigenvalue weighted by Gasteiger charge is 2.06. The van der Waals surface area contributed by atoms with Crippen molar-refractivity contribution in [3.05, 3.63) is 52.4 Å². The Balaban J connectivity index is 2.07. The van der Waals surface area contributed by atoms with E-state index in [0.717, 1.165) is 9.50 Å². The molecule has 1 aromatic carbocycles. The Morgan fingerprint density at radius 1 is 1.29 bits per heavy atom. The number of rotatable bonds is 3. The van der Waals surface area contributed by atoms with Gasteiger partial charge in [-0.1, -0.05) is 12.1 Å². The quantitative estimate of drug-likeness (QED) is 0.691. The van der Waals surface area contributed by atoms with Crippen LogP contribution in [0, 0.1) is 5.82 Å². The average molecular weight is 313 g/mol. The predicted molar refractivity (Wildman–Crippen MR) is 72.3 cm³/mol. The normalized spacial score (nSPS) is 10.5. The summed E-state index contributed by atoms with van der Waals surface area (Å²) in [5.74, 6) is 0.183. The van der Waals surface area contributed by atoms with Gasteiger partial charge in [-0.2, -0.15) is 0 Å². The molecule has 0 spiro atoms. The maximum atomic E-state index is 13.6. The molecular formula is C12H10BrFN2S. The number of halogens is 2. The standard InChI is InChI=1S/C12H10BrFN2S/c13-9-4-5-11(16-6-9)17-7-8-2-1-3-10(15)12(8)14/h1-6H,7,15H2. The fourth-order valence-electron chi connectivity index (χ4n) is 1.31. The van der Waals surface area contributed by atoms with Crippen LogP contribution in [0.3, 0.4) is 0 Å². The summed E-state index contributed by atoms with van der Waals surface area (Å²) in [6, 6.07) is 8.84. The Hall–Kier alpha value is -1.07. The third-order valence-corrected chi connectivity index (χ3v) is 3.65. The Morgan fingerprint density at radius 3 is 2.82 bits per heavy atom. The molecule has 0 amide bonds. The Bertz CT molecular complexity index is 516. The second-order valence-corrected chi connectivity index (χ2v) is 5.33. The Labute approximate surface area is 112 Å². The molecule has 1 heterocycles. The van der Waals surface area contributed by atoms with Crippen LogP contribution < -0.4 is 5.73 Å². The summed E-state index contributed by atoms with van der Waals surface area (Å²) in [6.07, 6.45) is 1.72. The first kappa shape index (κ1) is 12.4. The molecule has 2 N–H and O–H groups in total. The number of nitrogens with zero attached hydrogens (tertiary/aromatic N) is 1. The van der Waals surface area contributed by atoms with Crippen LogP contribution in [0.25, 0.3) is 0 Å². The Morgan fingerprint density at radius 2 is 2.12 bits per heavy atom. The lowest BCUT2D eigenvalue weighted by atomic mass is 10.2. The topological polar surface area (TPSA) is 38.9 Å². The molecule has 88 valence electrons. The van der Waals surface area contributed by atoms with Crippen molar-refractivity contribution in [1.29, 1.82) is 0 Å². The van der Waals surface area contributed by atoms with E-state index < -0.39 is 0 Å². The molecule has 2 aromatic rings. The van der Waals surface area contributed by atoms with E-state index >= 15 is 0 Å². The number of hydrogen-bond donors (Lipinski definition) is 1. The minimum absolute atomic E-state index is 0.187. The zero-order chi connectivity index (χ0) is 12.3. The highest BCUT2D eigenvalue weighted by atomic mass is 79.9. The molecule has 0 bridgehead atoms. The monoisotopic (exact) mass is 312 g/mol. The predicted octanol–water partition coefficient (Wildman–Crippen LogP) is 3.86. The van der Waals surface area contributed by atoms with Gasteiger partial charge in [0.1, 0.15) is 5.82 Å². The van der Waals surface area contributed by atoms with Gasteiger partial charge in [-0.3, -0.25) is 0 Å². The van der Waals surface area contributed by atoms with Crippen LogP contribution in [0.15, 0.2) is 46.0 Å². The lowest BCUT2D eigenvalue weighted by Crippen LogP contribution is -1.95. The maximum Gasteiger partial charge on any atom is 0.150 e. The van der Waals surface area contributed by atoms with Gasteiger partial charge in [-0.05, 0) is 34.1 Å². The van der Waals surface area contributed by atoms with E-state index in [-0.39, 0.29) is 11.5 Å².